The van der Waals surface area contributed by atoms with Crippen LogP contribution in [0.5, 0.6) is 5.75 Å². The standard InChI is InChI=1S/C19H28N2O3/c1-19(2)10-11-21(14-19)18(22)20-16-8-3-4-9-17(16)24-13-15-7-5-6-12-23-15/h3-4,8-9,15H,5-7,10-14H2,1-2H3,(H,20,22). The van der Waals surface area contributed by atoms with Gasteiger partial charge in [-0.25, -0.2) is 4.79 Å². The van der Waals surface area contributed by atoms with Gasteiger partial charge in [-0.05, 0) is 43.2 Å². The smallest absolute Gasteiger partial charge is 0.321 e. The molecular weight excluding hydrogens is 304 g/mol. The molecule has 2 aliphatic heterocycles. The van der Waals surface area contributed by atoms with Gasteiger partial charge >= 0.3 is 6.03 Å². The van der Waals surface area contributed by atoms with Crippen molar-refractivity contribution < 1.29 is 14.3 Å². The molecule has 0 aliphatic carbocycles. The second kappa shape index (κ2) is 7.43. The van der Waals surface area contributed by atoms with E-state index in [4.69, 9.17) is 9.47 Å². The molecule has 2 amide bonds. The summed E-state index contributed by atoms with van der Waals surface area (Å²) in [6.45, 7) is 7.33. The van der Waals surface area contributed by atoms with Gasteiger partial charge in [-0.3, -0.25) is 0 Å². The minimum absolute atomic E-state index is 0.0504. The summed E-state index contributed by atoms with van der Waals surface area (Å²) < 4.78 is 11.6. The van der Waals surface area contributed by atoms with Crippen molar-refractivity contribution in [1.29, 1.82) is 0 Å². The second-order valence-corrected chi connectivity index (χ2v) is 7.56. The molecule has 1 atom stereocenters. The van der Waals surface area contributed by atoms with E-state index >= 15 is 0 Å². The molecular formula is C19H28N2O3. The largest absolute Gasteiger partial charge is 0.489 e. The lowest BCUT2D eigenvalue weighted by molar-refractivity contribution is -0.0109. The molecule has 1 aromatic rings. The van der Waals surface area contributed by atoms with Crippen LogP contribution in [0.3, 0.4) is 0 Å². The number of benzene rings is 1. The van der Waals surface area contributed by atoms with Crippen molar-refractivity contribution in [3.8, 4) is 5.75 Å². The number of para-hydroxylation sites is 2. The summed E-state index contributed by atoms with van der Waals surface area (Å²) in [4.78, 5) is 14.4. The summed E-state index contributed by atoms with van der Waals surface area (Å²) in [6.07, 6.45) is 4.56. The van der Waals surface area contributed by atoms with E-state index in [1.165, 1.54) is 6.42 Å². The number of hydrogen-bond donors (Lipinski definition) is 1. The lowest BCUT2D eigenvalue weighted by Crippen LogP contribution is -2.34. The fraction of sp³-hybridized carbons (Fsp3) is 0.632. The molecule has 0 aromatic heterocycles. The van der Waals surface area contributed by atoms with E-state index in [1.54, 1.807) is 0 Å². The molecule has 2 heterocycles. The monoisotopic (exact) mass is 332 g/mol. The number of nitrogens with zero attached hydrogens (tertiary/aromatic N) is 1. The number of rotatable bonds is 4. The average Bonchev–Trinajstić information content (AvgIpc) is 2.95. The van der Waals surface area contributed by atoms with E-state index in [9.17, 15) is 4.79 Å². The van der Waals surface area contributed by atoms with Gasteiger partial charge in [0.15, 0.2) is 0 Å². The second-order valence-electron chi connectivity index (χ2n) is 7.56. The van der Waals surface area contributed by atoms with Crippen LogP contribution in [0.1, 0.15) is 39.5 Å². The Balaban J connectivity index is 1.58. The van der Waals surface area contributed by atoms with Gasteiger partial charge in [-0.15, -0.1) is 0 Å². The number of nitrogens with one attached hydrogen (secondary N) is 1. The maximum Gasteiger partial charge on any atom is 0.321 e. The number of carbonyl (C=O) groups is 1. The highest BCUT2D eigenvalue weighted by Crippen LogP contribution is 2.30. The van der Waals surface area contributed by atoms with Crippen molar-refractivity contribution in [3.63, 3.8) is 0 Å². The van der Waals surface area contributed by atoms with E-state index < -0.39 is 0 Å². The highest BCUT2D eigenvalue weighted by atomic mass is 16.5. The summed E-state index contributed by atoms with van der Waals surface area (Å²) >= 11 is 0. The van der Waals surface area contributed by atoms with Crippen molar-refractivity contribution in [1.82, 2.24) is 4.90 Å². The first-order chi connectivity index (χ1) is 11.5. The number of hydrogen-bond acceptors (Lipinski definition) is 3. The quantitative estimate of drug-likeness (QED) is 0.910. The number of likely N-dealkylation sites (tertiary alicyclic amines) is 1. The zero-order valence-corrected chi connectivity index (χ0v) is 14.7. The zero-order valence-electron chi connectivity index (χ0n) is 14.7. The molecule has 0 bridgehead atoms. The van der Waals surface area contributed by atoms with Gasteiger partial charge in [-0.1, -0.05) is 26.0 Å². The number of anilines is 1. The third-order valence-corrected chi connectivity index (χ3v) is 4.79. The van der Waals surface area contributed by atoms with Crippen molar-refractivity contribution >= 4 is 11.7 Å². The summed E-state index contributed by atoms with van der Waals surface area (Å²) in [5.41, 5.74) is 0.925. The van der Waals surface area contributed by atoms with Gasteiger partial charge < -0.3 is 19.7 Å². The van der Waals surface area contributed by atoms with Crippen molar-refractivity contribution in [2.45, 2.75) is 45.6 Å². The third-order valence-electron chi connectivity index (χ3n) is 4.79. The van der Waals surface area contributed by atoms with E-state index in [2.05, 4.69) is 19.2 Å². The number of ether oxygens (including phenoxy) is 2. The molecule has 5 nitrogen and oxygen atoms in total. The molecule has 0 saturated carbocycles. The van der Waals surface area contributed by atoms with Gasteiger partial charge in [0.25, 0.3) is 0 Å². The Hall–Kier alpha value is -1.75. The van der Waals surface area contributed by atoms with Crippen LogP contribution < -0.4 is 10.1 Å². The fourth-order valence-corrected chi connectivity index (χ4v) is 3.30. The predicted molar refractivity (Wildman–Crippen MR) is 94.5 cm³/mol. The molecule has 0 radical (unpaired) electrons. The molecule has 2 fully saturated rings. The average molecular weight is 332 g/mol. The number of carbonyl (C=O) groups excluding carboxylic acids is 1. The van der Waals surface area contributed by atoms with E-state index in [1.807, 2.05) is 29.2 Å². The van der Waals surface area contributed by atoms with Gasteiger partial charge in [0.1, 0.15) is 12.4 Å². The Kier molecular flexibility index (Phi) is 5.29. The molecule has 1 unspecified atom stereocenters. The van der Waals surface area contributed by atoms with Gasteiger partial charge in [0.05, 0.1) is 11.8 Å². The Morgan fingerprint density at radius 3 is 2.92 bits per heavy atom. The van der Waals surface area contributed by atoms with Gasteiger partial charge in [0.2, 0.25) is 0 Å². The first-order valence-corrected chi connectivity index (χ1v) is 8.93. The summed E-state index contributed by atoms with van der Waals surface area (Å²) in [5.74, 6) is 0.707. The highest BCUT2D eigenvalue weighted by molar-refractivity contribution is 5.91. The van der Waals surface area contributed by atoms with Crippen LogP contribution in [0.15, 0.2) is 24.3 Å². The lowest BCUT2D eigenvalue weighted by atomic mass is 9.93. The van der Waals surface area contributed by atoms with Crippen LogP contribution >= 0.6 is 0 Å². The fourth-order valence-electron chi connectivity index (χ4n) is 3.30. The lowest BCUT2D eigenvalue weighted by Gasteiger charge is -2.24. The normalized spacial score (nSPS) is 23.1. The van der Waals surface area contributed by atoms with E-state index in [0.29, 0.717) is 12.4 Å². The van der Waals surface area contributed by atoms with Crippen LogP contribution in [0.25, 0.3) is 0 Å². The minimum atomic E-state index is -0.0504. The SMILES string of the molecule is CC1(C)CCN(C(=O)Nc2ccccc2OCC2CCCCO2)C1. The molecule has 2 aliphatic rings. The molecule has 1 aromatic carbocycles. The summed E-state index contributed by atoms with van der Waals surface area (Å²) in [6, 6.07) is 7.56. The topological polar surface area (TPSA) is 50.8 Å². The van der Waals surface area contributed by atoms with Gasteiger partial charge in [0, 0.05) is 19.7 Å². The predicted octanol–water partition coefficient (Wildman–Crippen LogP) is 3.90. The summed E-state index contributed by atoms with van der Waals surface area (Å²) in [5, 5.41) is 3.00. The third kappa shape index (κ3) is 4.41. The Bertz CT molecular complexity index is 567. The minimum Gasteiger partial charge on any atom is -0.489 e. The van der Waals surface area contributed by atoms with Crippen LogP contribution in [0, 0.1) is 5.41 Å². The summed E-state index contributed by atoms with van der Waals surface area (Å²) in [7, 11) is 0. The van der Waals surface area contributed by atoms with E-state index in [0.717, 1.165) is 44.6 Å². The number of amides is 2. The molecule has 0 spiro atoms. The van der Waals surface area contributed by atoms with Crippen molar-refractivity contribution in [2.24, 2.45) is 5.41 Å². The molecule has 2 saturated heterocycles. The van der Waals surface area contributed by atoms with Crippen LogP contribution in [0.2, 0.25) is 0 Å². The zero-order chi connectivity index (χ0) is 17.0. The van der Waals surface area contributed by atoms with Crippen LogP contribution in [-0.4, -0.2) is 43.3 Å². The number of urea groups is 1. The highest BCUT2D eigenvalue weighted by Gasteiger charge is 2.32. The van der Waals surface area contributed by atoms with Crippen molar-refractivity contribution in [2.75, 3.05) is 31.6 Å². The maximum absolute atomic E-state index is 12.5. The van der Waals surface area contributed by atoms with Gasteiger partial charge in [-0.2, -0.15) is 0 Å². The molecule has 1 N–H and O–H groups in total. The van der Waals surface area contributed by atoms with Crippen LogP contribution in [-0.2, 0) is 4.74 Å². The van der Waals surface area contributed by atoms with Crippen molar-refractivity contribution in [3.05, 3.63) is 24.3 Å². The van der Waals surface area contributed by atoms with E-state index in [-0.39, 0.29) is 17.6 Å². The first-order valence-electron chi connectivity index (χ1n) is 8.93. The van der Waals surface area contributed by atoms with Crippen LogP contribution in [0.4, 0.5) is 10.5 Å². The molecule has 5 heteroatoms. The molecule has 132 valence electrons. The molecule has 3 rings (SSSR count). The molecule has 24 heavy (non-hydrogen) atoms. The maximum atomic E-state index is 12.5. The first kappa shape index (κ1) is 17.1. The Morgan fingerprint density at radius 1 is 1.38 bits per heavy atom. The Labute approximate surface area is 144 Å². The Morgan fingerprint density at radius 2 is 2.21 bits per heavy atom.